The third-order valence-electron chi connectivity index (χ3n) is 2.89. The number of nitrogens with one attached hydrogen (secondary N) is 1. The topological polar surface area (TPSA) is 125 Å². The van der Waals surface area contributed by atoms with Crippen molar-refractivity contribution in [1.82, 2.24) is 5.32 Å². The molecular weight excluding hydrogens is 306 g/mol. The van der Waals surface area contributed by atoms with E-state index < -0.39 is 24.8 Å². The van der Waals surface area contributed by atoms with Crippen molar-refractivity contribution in [2.24, 2.45) is 0 Å². The maximum Gasteiger partial charge on any atom is 0.341 e. The van der Waals surface area contributed by atoms with Crippen LogP contribution < -0.4 is 14.8 Å². The van der Waals surface area contributed by atoms with Crippen molar-refractivity contribution in [2.75, 3.05) is 19.8 Å². The van der Waals surface area contributed by atoms with E-state index in [1.807, 2.05) is 0 Å². The van der Waals surface area contributed by atoms with E-state index in [1.165, 1.54) is 13.0 Å². The minimum absolute atomic E-state index is 0.0473. The quantitative estimate of drug-likeness (QED) is 0.506. The van der Waals surface area contributed by atoms with Gasteiger partial charge in [0.25, 0.3) is 0 Å². The Morgan fingerprint density at radius 3 is 2.52 bits per heavy atom. The average Bonchev–Trinajstić information content (AvgIpc) is 2.50. The lowest BCUT2D eigenvalue weighted by atomic mass is 10.0. The molecule has 2 unspecified atom stereocenters. The summed E-state index contributed by atoms with van der Waals surface area (Å²) in [4.78, 5) is 21.6. The normalized spacial score (nSPS) is 13.0. The SMILES string of the molecule is CCOc1cccc(C(O)C(O)CNC(C)=O)c1OCC(=O)O. The number of carbonyl (C=O) groups is 2. The van der Waals surface area contributed by atoms with Gasteiger partial charge in [0.05, 0.1) is 6.61 Å². The first kappa shape index (κ1) is 18.7. The summed E-state index contributed by atoms with van der Waals surface area (Å²) in [5.41, 5.74) is 0.176. The highest BCUT2D eigenvalue weighted by Gasteiger charge is 2.25. The van der Waals surface area contributed by atoms with E-state index in [4.69, 9.17) is 14.6 Å². The fourth-order valence-electron chi connectivity index (χ4n) is 1.89. The lowest BCUT2D eigenvalue weighted by molar-refractivity contribution is -0.139. The second-order valence-electron chi connectivity index (χ2n) is 4.74. The van der Waals surface area contributed by atoms with Gasteiger partial charge in [0, 0.05) is 19.0 Å². The van der Waals surface area contributed by atoms with E-state index in [0.29, 0.717) is 6.61 Å². The van der Waals surface area contributed by atoms with Crippen LogP contribution in [0.2, 0.25) is 0 Å². The first-order valence-electron chi connectivity index (χ1n) is 7.07. The Kier molecular flexibility index (Phi) is 7.30. The zero-order valence-electron chi connectivity index (χ0n) is 13.0. The molecule has 128 valence electrons. The molecule has 0 aliphatic rings. The summed E-state index contributed by atoms with van der Waals surface area (Å²) in [6.07, 6.45) is -2.67. The van der Waals surface area contributed by atoms with Gasteiger partial charge in [-0.2, -0.15) is 0 Å². The first-order valence-corrected chi connectivity index (χ1v) is 7.07. The van der Waals surface area contributed by atoms with E-state index in [9.17, 15) is 19.8 Å². The number of aliphatic hydroxyl groups excluding tert-OH is 2. The maximum atomic E-state index is 10.9. The molecule has 0 aromatic heterocycles. The van der Waals surface area contributed by atoms with Gasteiger partial charge in [-0.3, -0.25) is 4.79 Å². The number of para-hydroxylation sites is 1. The van der Waals surface area contributed by atoms with E-state index in [0.717, 1.165) is 0 Å². The highest BCUT2D eigenvalue weighted by molar-refractivity contribution is 5.72. The molecule has 0 fully saturated rings. The summed E-state index contributed by atoms with van der Waals surface area (Å²) >= 11 is 0. The molecule has 1 aromatic rings. The Morgan fingerprint density at radius 1 is 1.26 bits per heavy atom. The molecule has 8 nitrogen and oxygen atoms in total. The van der Waals surface area contributed by atoms with E-state index in [-0.39, 0.29) is 29.5 Å². The number of carbonyl (C=O) groups excluding carboxylic acids is 1. The summed E-state index contributed by atoms with van der Waals surface area (Å²) in [5, 5.41) is 31.4. The van der Waals surface area contributed by atoms with Gasteiger partial charge in [-0.05, 0) is 13.0 Å². The zero-order valence-corrected chi connectivity index (χ0v) is 13.0. The van der Waals surface area contributed by atoms with Crippen LogP contribution in [0, 0.1) is 0 Å². The molecule has 8 heteroatoms. The van der Waals surface area contributed by atoms with Crippen LogP contribution in [0.1, 0.15) is 25.5 Å². The number of benzene rings is 1. The van der Waals surface area contributed by atoms with Crippen LogP contribution in [0.25, 0.3) is 0 Å². The summed E-state index contributed by atoms with van der Waals surface area (Å²) in [5.74, 6) is -1.22. The van der Waals surface area contributed by atoms with Gasteiger partial charge in [-0.15, -0.1) is 0 Å². The van der Waals surface area contributed by atoms with Gasteiger partial charge >= 0.3 is 5.97 Å². The molecule has 0 heterocycles. The van der Waals surface area contributed by atoms with E-state index in [1.54, 1.807) is 19.1 Å². The third kappa shape index (κ3) is 5.76. The Bertz CT molecular complexity index is 547. The molecule has 1 rings (SSSR count). The standard InChI is InChI=1S/C15H21NO7/c1-3-22-12-6-4-5-10(15(12)23-8-13(19)20)14(21)11(18)7-16-9(2)17/h4-6,11,14,18,21H,3,7-8H2,1-2H3,(H,16,17)(H,19,20). The number of aliphatic carboxylic acids is 1. The molecule has 4 N–H and O–H groups in total. The second kappa shape index (κ2) is 8.96. The van der Waals surface area contributed by atoms with Gasteiger partial charge in [-0.1, -0.05) is 12.1 Å². The van der Waals surface area contributed by atoms with Crippen molar-refractivity contribution >= 4 is 11.9 Å². The number of hydrogen-bond donors (Lipinski definition) is 4. The molecule has 0 aliphatic heterocycles. The predicted octanol–water partition coefficient (Wildman–Crippen LogP) is 0.0791. The Morgan fingerprint density at radius 2 is 1.96 bits per heavy atom. The molecule has 0 saturated heterocycles. The summed E-state index contributed by atoms with van der Waals surface area (Å²) < 4.78 is 10.6. The van der Waals surface area contributed by atoms with Gasteiger partial charge in [-0.25, -0.2) is 4.79 Å². The summed E-state index contributed by atoms with van der Waals surface area (Å²) in [6, 6.07) is 4.64. The maximum absolute atomic E-state index is 10.9. The predicted molar refractivity (Wildman–Crippen MR) is 80.4 cm³/mol. The number of rotatable bonds is 9. The lowest BCUT2D eigenvalue weighted by Crippen LogP contribution is -2.34. The zero-order chi connectivity index (χ0) is 17.4. The van der Waals surface area contributed by atoms with Crippen molar-refractivity contribution in [1.29, 1.82) is 0 Å². The summed E-state index contributed by atoms with van der Waals surface area (Å²) in [7, 11) is 0. The van der Waals surface area contributed by atoms with Gasteiger partial charge in [0.1, 0.15) is 12.2 Å². The molecule has 0 saturated carbocycles. The van der Waals surface area contributed by atoms with Crippen molar-refractivity contribution in [2.45, 2.75) is 26.1 Å². The number of ether oxygens (including phenoxy) is 2. The molecular formula is C15H21NO7. The monoisotopic (exact) mass is 327 g/mol. The molecule has 0 bridgehead atoms. The van der Waals surface area contributed by atoms with Crippen molar-refractivity contribution in [3.8, 4) is 11.5 Å². The highest BCUT2D eigenvalue weighted by Crippen LogP contribution is 2.36. The number of hydrogen-bond acceptors (Lipinski definition) is 6. The molecule has 0 radical (unpaired) electrons. The van der Waals surface area contributed by atoms with Gasteiger partial charge in [0.2, 0.25) is 5.91 Å². The number of amides is 1. The van der Waals surface area contributed by atoms with Crippen LogP contribution in [-0.2, 0) is 9.59 Å². The fraction of sp³-hybridized carbons (Fsp3) is 0.467. The molecule has 1 amide bonds. The number of aliphatic hydroxyl groups is 2. The molecule has 23 heavy (non-hydrogen) atoms. The largest absolute Gasteiger partial charge is 0.490 e. The molecule has 0 aliphatic carbocycles. The van der Waals surface area contributed by atoms with Crippen LogP contribution in [0.5, 0.6) is 11.5 Å². The second-order valence-corrected chi connectivity index (χ2v) is 4.74. The molecule has 1 aromatic carbocycles. The Balaban J connectivity index is 3.04. The van der Waals surface area contributed by atoms with Crippen molar-refractivity contribution in [3.63, 3.8) is 0 Å². The third-order valence-corrected chi connectivity index (χ3v) is 2.89. The smallest absolute Gasteiger partial charge is 0.341 e. The lowest BCUT2D eigenvalue weighted by Gasteiger charge is -2.22. The molecule has 0 spiro atoms. The Hall–Kier alpha value is -2.32. The fourth-order valence-corrected chi connectivity index (χ4v) is 1.89. The average molecular weight is 327 g/mol. The molecule has 2 atom stereocenters. The summed E-state index contributed by atoms with van der Waals surface area (Å²) in [6.45, 7) is 2.57. The van der Waals surface area contributed by atoms with Crippen LogP contribution in [0.4, 0.5) is 0 Å². The first-order chi connectivity index (χ1) is 10.9. The number of carboxylic acid groups (broad SMARTS) is 1. The Labute approximate surface area is 133 Å². The van der Waals surface area contributed by atoms with Gasteiger partial charge < -0.3 is 30.1 Å². The van der Waals surface area contributed by atoms with Crippen LogP contribution in [0.15, 0.2) is 18.2 Å². The number of carboxylic acids is 1. The van der Waals surface area contributed by atoms with Gasteiger partial charge in [0.15, 0.2) is 18.1 Å². The van der Waals surface area contributed by atoms with E-state index >= 15 is 0 Å². The van der Waals surface area contributed by atoms with Crippen molar-refractivity contribution < 1.29 is 34.4 Å². The minimum Gasteiger partial charge on any atom is -0.490 e. The van der Waals surface area contributed by atoms with Crippen molar-refractivity contribution in [3.05, 3.63) is 23.8 Å². The van der Waals surface area contributed by atoms with Crippen LogP contribution >= 0.6 is 0 Å². The van der Waals surface area contributed by atoms with Crippen LogP contribution in [-0.4, -0.2) is 53.1 Å². The van der Waals surface area contributed by atoms with Crippen LogP contribution in [0.3, 0.4) is 0 Å². The minimum atomic E-state index is -1.38. The highest BCUT2D eigenvalue weighted by atomic mass is 16.5. The van der Waals surface area contributed by atoms with E-state index in [2.05, 4.69) is 5.32 Å².